The molecule has 0 spiro atoms. The fourth-order valence-corrected chi connectivity index (χ4v) is 3.95. The van der Waals surface area contributed by atoms with Crippen molar-refractivity contribution in [1.82, 2.24) is 0 Å². The monoisotopic (exact) mass is 472 g/mol. The smallest absolute Gasteiger partial charge is 0.262 e. The topological polar surface area (TPSA) is 112 Å². The van der Waals surface area contributed by atoms with E-state index in [1.165, 1.54) is 51.7 Å². The molecule has 33 heavy (non-hydrogen) atoms. The Morgan fingerprint density at radius 2 is 1.48 bits per heavy atom. The number of benzene rings is 3. The molecule has 0 bridgehead atoms. The van der Waals surface area contributed by atoms with Gasteiger partial charge in [-0.3, -0.25) is 9.52 Å². The summed E-state index contributed by atoms with van der Waals surface area (Å²) in [6, 6.07) is 17.5. The van der Waals surface area contributed by atoms with Crippen molar-refractivity contribution in [2.75, 3.05) is 38.0 Å². The van der Waals surface area contributed by atoms with Gasteiger partial charge < -0.3 is 24.3 Å². The SMILES string of the molecule is COc1ccc(OC)c(NS(=O)(=O)c2ccc(NC(=O)COc3ccccc3OC)cc2)c1. The molecule has 0 aliphatic rings. The molecule has 0 saturated carbocycles. The molecule has 0 aliphatic heterocycles. The maximum atomic E-state index is 12.8. The average Bonchev–Trinajstić information content (AvgIpc) is 2.83. The molecule has 2 N–H and O–H groups in total. The second-order valence-electron chi connectivity index (χ2n) is 6.68. The Morgan fingerprint density at radius 3 is 2.12 bits per heavy atom. The molecule has 174 valence electrons. The maximum absolute atomic E-state index is 12.8. The van der Waals surface area contributed by atoms with Crippen LogP contribution in [0.5, 0.6) is 23.0 Å². The van der Waals surface area contributed by atoms with E-state index in [-0.39, 0.29) is 17.2 Å². The summed E-state index contributed by atoms with van der Waals surface area (Å²) < 4.78 is 49.1. The Bertz CT molecular complexity index is 1210. The van der Waals surface area contributed by atoms with Gasteiger partial charge in [-0.15, -0.1) is 0 Å². The van der Waals surface area contributed by atoms with Gasteiger partial charge in [-0.2, -0.15) is 0 Å². The van der Waals surface area contributed by atoms with Crippen molar-refractivity contribution in [2.45, 2.75) is 4.90 Å². The van der Waals surface area contributed by atoms with E-state index in [0.717, 1.165) is 0 Å². The van der Waals surface area contributed by atoms with E-state index in [1.807, 2.05) is 0 Å². The fraction of sp³-hybridized carbons (Fsp3) is 0.174. The number of hydrogen-bond donors (Lipinski definition) is 2. The van der Waals surface area contributed by atoms with Crippen LogP contribution in [0.1, 0.15) is 0 Å². The third-order valence-electron chi connectivity index (χ3n) is 4.53. The van der Waals surface area contributed by atoms with Crippen LogP contribution in [-0.2, 0) is 14.8 Å². The lowest BCUT2D eigenvalue weighted by molar-refractivity contribution is -0.118. The van der Waals surface area contributed by atoms with Crippen molar-refractivity contribution in [3.8, 4) is 23.0 Å². The lowest BCUT2D eigenvalue weighted by atomic mass is 10.3. The number of para-hydroxylation sites is 2. The highest BCUT2D eigenvalue weighted by Crippen LogP contribution is 2.31. The second-order valence-corrected chi connectivity index (χ2v) is 8.37. The number of hydrogen-bond acceptors (Lipinski definition) is 7. The van der Waals surface area contributed by atoms with Crippen molar-refractivity contribution in [3.63, 3.8) is 0 Å². The van der Waals surface area contributed by atoms with Crippen LogP contribution >= 0.6 is 0 Å². The molecule has 0 saturated heterocycles. The van der Waals surface area contributed by atoms with Crippen molar-refractivity contribution in [2.24, 2.45) is 0 Å². The Hall–Kier alpha value is -3.92. The lowest BCUT2D eigenvalue weighted by Crippen LogP contribution is -2.20. The normalized spacial score (nSPS) is 10.8. The quantitative estimate of drug-likeness (QED) is 0.464. The summed E-state index contributed by atoms with van der Waals surface area (Å²) in [5.74, 6) is 1.37. The van der Waals surface area contributed by atoms with E-state index in [4.69, 9.17) is 18.9 Å². The van der Waals surface area contributed by atoms with Gasteiger partial charge >= 0.3 is 0 Å². The van der Waals surface area contributed by atoms with Gasteiger partial charge in [-0.1, -0.05) is 12.1 Å². The molecule has 1 amide bonds. The molecule has 10 heteroatoms. The number of sulfonamides is 1. The zero-order chi connectivity index (χ0) is 23.8. The largest absolute Gasteiger partial charge is 0.497 e. The van der Waals surface area contributed by atoms with Crippen LogP contribution in [0.15, 0.2) is 71.6 Å². The minimum Gasteiger partial charge on any atom is -0.497 e. The molecular weight excluding hydrogens is 448 g/mol. The standard InChI is InChI=1S/C23H24N2O7S/c1-29-17-10-13-20(30-2)19(14-17)25-33(27,28)18-11-8-16(9-12-18)24-23(26)15-32-22-7-5-4-6-21(22)31-3/h4-14,25H,15H2,1-3H3,(H,24,26). The van der Waals surface area contributed by atoms with Crippen molar-refractivity contribution in [1.29, 1.82) is 0 Å². The second kappa shape index (κ2) is 10.6. The van der Waals surface area contributed by atoms with Gasteiger partial charge in [-0.05, 0) is 48.5 Å². The zero-order valence-electron chi connectivity index (χ0n) is 18.3. The molecule has 0 fully saturated rings. The number of carbonyl (C=O) groups excluding carboxylic acids is 1. The first-order valence-electron chi connectivity index (χ1n) is 9.77. The molecule has 0 radical (unpaired) electrons. The minimum atomic E-state index is -3.91. The number of amides is 1. The summed E-state index contributed by atoms with van der Waals surface area (Å²) in [7, 11) is 0.524. The van der Waals surface area contributed by atoms with E-state index in [2.05, 4.69) is 10.0 Å². The zero-order valence-corrected chi connectivity index (χ0v) is 19.1. The molecule has 9 nitrogen and oxygen atoms in total. The highest BCUT2D eigenvalue weighted by molar-refractivity contribution is 7.92. The number of anilines is 2. The summed E-state index contributed by atoms with van der Waals surface area (Å²) in [5, 5.41) is 2.65. The van der Waals surface area contributed by atoms with E-state index in [9.17, 15) is 13.2 Å². The van der Waals surface area contributed by atoms with Crippen LogP contribution in [0.3, 0.4) is 0 Å². The summed E-state index contributed by atoms with van der Waals surface area (Å²) in [5.41, 5.74) is 0.657. The molecule has 0 unspecified atom stereocenters. The Kier molecular flexibility index (Phi) is 7.62. The van der Waals surface area contributed by atoms with E-state index in [0.29, 0.717) is 28.7 Å². The van der Waals surface area contributed by atoms with Gasteiger partial charge in [0.25, 0.3) is 15.9 Å². The molecule has 0 atom stereocenters. The predicted octanol–water partition coefficient (Wildman–Crippen LogP) is 3.53. The number of rotatable bonds is 10. The predicted molar refractivity (Wildman–Crippen MR) is 124 cm³/mol. The van der Waals surface area contributed by atoms with E-state index in [1.54, 1.807) is 36.4 Å². The molecule has 3 aromatic rings. The van der Waals surface area contributed by atoms with Crippen LogP contribution in [0.4, 0.5) is 11.4 Å². The lowest BCUT2D eigenvalue weighted by Gasteiger charge is -2.13. The van der Waals surface area contributed by atoms with Crippen LogP contribution in [-0.4, -0.2) is 42.3 Å². The number of methoxy groups -OCH3 is 3. The Morgan fingerprint density at radius 1 is 0.818 bits per heavy atom. The summed E-state index contributed by atoms with van der Waals surface area (Å²) in [6.07, 6.45) is 0. The minimum absolute atomic E-state index is 0.00986. The third kappa shape index (κ3) is 6.07. The fourth-order valence-electron chi connectivity index (χ4n) is 2.89. The highest BCUT2D eigenvalue weighted by atomic mass is 32.2. The molecule has 3 aromatic carbocycles. The van der Waals surface area contributed by atoms with Gasteiger partial charge in [0.2, 0.25) is 0 Å². The Balaban J connectivity index is 1.65. The Labute approximate surface area is 192 Å². The summed E-state index contributed by atoms with van der Waals surface area (Å²) in [6.45, 7) is -0.238. The van der Waals surface area contributed by atoms with E-state index < -0.39 is 15.9 Å². The first kappa shape index (κ1) is 23.7. The molecule has 3 rings (SSSR count). The van der Waals surface area contributed by atoms with Gasteiger partial charge in [0, 0.05) is 11.8 Å². The first-order valence-corrected chi connectivity index (χ1v) is 11.2. The summed E-state index contributed by atoms with van der Waals surface area (Å²) >= 11 is 0. The van der Waals surface area contributed by atoms with Crippen LogP contribution in [0, 0.1) is 0 Å². The van der Waals surface area contributed by atoms with Gasteiger partial charge in [0.05, 0.1) is 31.9 Å². The molecule has 0 aliphatic carbocycles. The van der Waals surface area contributed by atoms with Gasteiger partial charge in [0.1, 0.15) is 11.5 Å². The van der Waals surface area contributed by atoms with Crippen molar-refractivity contribution in [3.05, 3.63) is 66.7 Å². The van der Waals surface area contributed by atoms with Crippen molar-refractivity contribution < 1.29 is 32.2 Å². The molecular formula is C23H24N2O7S. The third-order valence-corrected chi connectivity index (χ3v) is 5.91. The number of ether oxygens (including phenoxy) is 4. The van der Waals surface area contributed by atoms with Gasteiger partial charge in [0.15, 0.2) is 18.1 Å². The van der Waals surface area contributed by atoms with Crippen LogP contribution in [0.2, 0.25) is 0 Å². The van der Waals surface area contributed by atoms with Crippen LogP contribution in [0.25, 0.3) is 0 Å². The van der Waals surface area contributed by atoms with E-state index >= 15 is 0 Å². The molecule has 0 aromatic heterocycles. The number of carbonyl (C=O) groups is 1. The highest BCUT2D eigenvalue weighted by Gasteiger charge is 2.17. The summed E-state index contributed by atoms with van der Waals surface area (Å²) in [4.78, 5) is 12.2. The van der Waals surface area contributed by atoms with Crippen molar-refractivity contribution >= 4 is 27.3 Å². The first-order chi connectivity index (χ1) is 15.9. The molecule has 0 heterocycles. The van der Waals surface area contributed by atoms with Crippen LogP contribution < -0.4 is 29.0 Å². The maximum Gasteiger partial charge on any atom is 0.262 e. The average molecular weight is 473 g/mol. The van der Waals surface area contributed by atoms with Gasteiger partial charge in [-0.25, -0.2) is 8.42 Å². The number of nitrogens with one attached hydrogen (secondary N) is 2.